The van der Waals surface area contributed by atoms with Crippen LogP contribution in [0, 0.1) is 12.7 Å². The van der Waals surface area contributed by atoms with E-state index in [9.17, 15) is 4.39 Å². The van der Waals surface area contributed by atoms with Crippen LogP contribution in [-0.4, -0.2) is 25.3 Å². The van der Waals surface area contributed by atoms with Gasteiger partial charge in [-0.05, 0) is 30.7 Å². The lowest BCUT2D eigenvalue weighted by atomic mass is 10.1. The van der Waals surface area contributed by atoms with Crippen molar-refractivity contribution in [3.05, 3.63) is 60.0 Å². The molecule has 1 aromatic carbocycles. The second kappa shape index (κ2) is 7.04. The van der Waals surface area contributed by atoms with E-state index in [-0.39, 0.29) is 5.82 Å². The Kier molecular flexibility index (Phi) is 4.44. The van der Waals surface area contributed by atoms with Crippen LogP contribution >= 0.6 is 11.8 Å². The first kappa shape index (κ1) is 16.4. The van der Waals surface area contributed by atoms with Gasteiger partial charge in [-0.15, -0.1) is 10.2 Å². The summed E-state index contributed by atoms with van der Waals surface area (Å²) in [6, 6.07) is 8.38. The first-order valence-electron chi connectivity index (χ1n) is 7.65. The average molecular weight is 369 g/mol. The molecule has 0 aliphatic rings. The molecule has 0 saturated carbocycles. The minimum atomic E-state index is -0.308. The molecule has 26 heavy (non-hydrogen) atoms. The van der Waals surface area contributed by atoms with E-state index in [0.29, 0.717) is 39.7 Å². The molecule has 4 rings (SSSR count). The average Bonchev–Trinajstić information content (AvgIpc) is 3.32. The highest BCUT2D eigenvalue weighted by Gasteiger charge is 2.13. The summed E-state index contributed by atoms with van der Waals surface area (Å²) >= 11 is 1.28. The molecule has 0 atom stereocenters. The van der Waals surface area contributed by atoms with Crippen LogP contribution in [0.5, 0.6) is 0 Å². The number of aryl methyl sites for hydroxylation is 1. The number of rotatable bonds is 5. The Morgan fingerprint density at radius 1 is 1.08 bits per heavy atom. The molecule has 0 amide bonds. The normalized spacial score (nSPS) is 11.0. The number of aromatic nitrogens is 5. The Morgan fingerprint density at radius 3 is 2.73 bits per heavy atom. The van der Waals surface area contributed by atoms with Crippen LogP contribution in [0.4, 0.5) is 4.39 Å². The SMILES string of the molecule is Cc1ccc(-c2noc(CSc3nnc(-c4ccncc4)o3)n2)cc1F. The van der Waals surface area contributed by atoms with Crippen LogP contribution in [0.25, 0.3) is 22.8 Å². The molecule has 7 nitrogen and oxygen atoms in total. The highest BCUT2D eigenvalue weighted by atomic mass is 32.2. The zero-order chi connectivity index (χ0) is 17.9. The van der Waals surface area contributed by atoms with Crippen LogP contribution in [-0.2, 0) is 5.75 Å². The minimum absolute atomic E-state index is 0.308. The molecule has 0 aliphatic carbocycles. The van der Waals surface area contributed by atoms with Crippen LogP contribution in [0.1, 0.15) is 11.5 Å². The molecule has 3 aromatic heterocycles. The topological polar surface area (TPSA) is 90.7 Å². The van der Waals surface area contributed by atoms with E-state index in [0.717, 1.165) is 5.56 Å². The van der Waals surface area contributed by atoms with E-state index >= 15 is 0 Å². The maximum absolute atomic E-state index is 13.7. The number of hydrogen-bond acceptors (Lipinski definition) is 8. The van der Waals surface area contributed by atoms with Crippen molar-refractivity contribution in [3.8, 4) is 22.8 Å². The Hall–Kier alpha value is -3.07. The van der Waals surface area contributed by atoms with Gasteiger partial charge in [0.1, 0.15) is 5.82 Å². The Bertz CT molecular complexity index is 1030. The number of thioether (sulfide) groups is 1. The van der Waals surface area contributed by atoms with Gasteiger partial charge in [0.05, 0.1) is 5.75 Å². The standard InChI is InChI=1S/C17H12FN5O2S/c1-10-2-3-12(8-13(10)18)15-20-14(25-23-15)9-26-17-22-21-16(24-17)11-4-6-19-7-5-11/h2-8H,9H2,1H3. The smallest absolute Gasteiger partial charge is 0.277 e. The van der Waals surface area contributed by atoms with E-state index in [4.69, 9.17) is 8.94 Å². The van der Waals surface area contributed by atoms with Gasteiger partial charge in [-0.3, -0.25) is 4.98 Å². The largest absolute Gasteiger partial charge is 0.411 e. The highest BCUT2D eigenvalue weighted by Crippen LogP contribution is 2.26. The predicted octanol–water partition coefficient (Wildman–Crippen LogP) is 3.92. The van der Waals surface area contributed by atoms with Gasteiger partial charge in [-0.25, -0.2) is 4.39 Å². The third-order valence-corrected chi connectivity index (χ3v) is 4.35. The summed E-state index contributed by atoms with van der Waals surface area (Å²) in [7, 11) is 0. The van der Waals surface area contributed by atoms with Gasteiger partial charge in [0.25, 0.3) is 5.22 Å². The molecule has 9 heteroatoms. The lowest BCUT2D eigenvalue weighted by molar-refractivity contribution is 0.391. The van der Waals surface area contributed by atoms with Crippen LogP contribution in [0.3, 0.4) is 0 Å². The number of hydrogen-bond donors (Lipinski definition) is 0. The molecule has 0 saturated heterocycles. The Morgan fingerprint density at radius 2 is 1.92 bits per heavy atom. The molecule has 0 bridgehead atoms. The van der Waals surface area contributed by atoms with Crippen molar-refractivity contribution in [1.29, 1.82) is 0 Å². The van der Waals surface area contributed by atoms with E-state index < -0.39 is 0 Å². The fourth-order valence-electron chi connectivity index (χ4n) is 2.17. The molecule has 0 aliphatic heterocycles. The van der Waals surface area contributed by atoms with Crippen LogP contribution in [0.2, 0.25) is 0 Å². The molecule has 0 unspecified atom stereocenters. The summed E-state index contributed by atoms with van der Waals surface area (Å²) in [5.74, 6) is 1.19. The van der Waals surface area contributed by atoms with E-state index in [2.05, 4.69) is 25.3 Å². The van der Waals surface area contributed by atoms with Gasteiger partial charge in [0.2, 0.25) is 17.6 Å². The van der Waals surface area contributed by atoms with E-state index in [1.54, 1.807) is 43.6 Å². The van der Waals surface area contributed by atoms with Crippen molar-refractivity contribution in [2.75, 3.05) is 0 Å². The molecule has 4 aromatic rings. The minimum Gasteiger partial charge on any atom is -0.411 e. The maximum atomic E-state index is 13.7. The Labute approximate surface area is 151 Å². The lowest BCUT2D eigenvalue weighted by Crippen LogP contribution is -1.86. The van der Waals surface area contributed by atoms with Gasteiger partial charge in [0.15, 0.2) is 0 Å². The fourth-order valence-corrected chi connectivity index (χ4v) is 2.77. The summed E-state index contributed by atoms with van der Waals surface area (Å²) in [5.41, 5.74) is 1.92. The molecule has 0 spiro atoms. The zero-order valence-electron chi connectivity index (χ0n) is 13.6. The first-order valence-corrected chi connectivity index (χ1v) is 8.63. The quantitative estimate of drug-likeness (QED) is 0.489. The highest BCUT2D eigenvalue weighted by molar-refractivity contribution is 7.98. The van der Waals surface area contributed by atoms with Crippen molar-refractivity contribution >= 4 is 11.8 Å². The maximum Gasteiger partial charge on any atom is 0.277 e. The van der Waals surface area contributed by atoms with Gasteiger partial charge in [-0.2, -0.15) is 4.98 Å². The predicted molar refractivity (Wildman–Crippen MR) is 91.5 cm³/mol. The third-order valence-electron chi connectivity index (χ3n) is 3.55. The first-order chi connectivity index (χ1) is 12.7. The van der Waals surface area contributed by atoms with Gasteiger partial charge < -0.3 is 8.94 Å². The number of halogens is 1. The molecule has 130 valence electrons. The number of benzene rings is 1. The summed E-state index contributed by atoms with van der Waals surface area (Å²) < 4.78 is 24.4. The second-order valence-electron chi connectivity index (χ2n) is 5.37. The van der Waals surface area contributed by atoms with E-state index in [1.165, 1.54) is 17.8 Å². The summed E-state index contributed by atoms with van der Waals surface area (Å²) in [4.78, 5) is 8.21. The van der Waals surface area contributed by atoms with Gasteiger partial charge in [0, 0.05) is 23.5 Å². The van der Waals surface area contributed by atoms with Crippen molar-refractivity contribution in [1.82, 2.24) is 25.3 Å². The van der Waals surface area contributed by atoms with Crippen molar-refractivity contribution < 1.29 is 13.3 Å². The number of nitrogens with zero attached hydrogens (tertiary/aromatic N) is 5. The van der Waals surface area contributed by atoms with Crippen molar-refractivity contribution in [2.45, 2.75) is 17.9 Å². The summed E-state index contributed by atoms with van der Waals surface area (Å²) in [5, 5.41) is 12.2. The van der Waals surface area contributed by atoms with Crippen molar-refractivity contribution in [3.63, 3.8) is 0 Å². The van der Waals surface area contributed by atoms with Gasteiger partial charge in [-0.1, -0.05) is 29.1 Å². The fraction of sp³-hybridized carbons (Fsp3) is 0.118. The number of pyridine rings is 1. The van der Waals surface area contributed by atoms with Crippen LogP contribution < -0.4 is 0 Å². The molecule has 0 fully saturated rings. The van der Waals surface area contributed by atoms with Gasteiger partial charge >= 0.3 is 0 Å². The monoisotopic (exact) mass is 369 g/mol. The van der Waals surface area contributed by atoms with Crippen LogP contribution in [0.15, 0.2) is 56.9 Å². The molecular formula is C17H12FN5O2S. The third kappa shape index (κ3) is 3.47. The molecular weight excluding hydrogens is 357 g/mol. The van der Waals surface area contributed by atoms with Crippen molar-refractivity contribution in [2.24, 2.45) is 0 Å². The lowest BCUT2D eigenvalue weighted by Gasteiger charge is -1.97. The summed E-state index contributed by atoms with van der Waals surface area (Å²) in [6.45, 7) is 1.70. The van der Waals surface area contributed by atoms with E-state index in [1.807, 2.05) is 0 Å². The Balaban J connectivity index is 1.44. The zero-order valence-corrected chi connectivity index (χ0v) is 14.4. The molecule has 0 radical (unpaired) electrons. The summed E-state index contributed by atoms with van der Waals surface area (Å²) in [6.07, 6.45) is 3.31. The molecule has 0 N–H and O–H groups in total. The second-order valence-corrected chi connectivity index (χ2v) is 6.30. The molecule has 3 heterocycles.